The van der Waals surface area contributed by atoms with E-state index in [0.717, 1.165) is 5.56 Å². The number of nitrogens with one attached hydrogen (secondary N) is 1. The highest BCUT2D eigenvalue weighted by atomic mass is 16.6. The lowest BCUT2D eigenvalue weighted by atomic mass is 9.99. The van der Waals surface area contributed by atoms with Crippen LogP contribution in [0.4, 0.5) is 4.79 Å². The van der Waals surface area contributed by atoms with Gasteiger partial charge in [0.1, 0.15) is 12.6 Å². The van der Waals surface area contributed by atoms with Gasteiger partial charge in [-0.2, -0.15) is 0 Å². The van der Waals surface area contributed by atoms with Gasteiger partial charge < -0.3 is 24.3 Å². The average Bonchev–Trinajstić information content (AvgIpc) is 2.75. The van der Waals surface area contributed by atoms with Crippen molar-refractivity contribution in [3.05, 3.63) is 35.9 Å². The number of amides is 1. The summed E-state index contributed by atoms with van der Waals surface area (Å²) in [5.41, 5.74) is 0.801. The SMILES string of the molecule is CCOC(=O)N[C@@H](CCCC(C(=O)OCC)C(=O)OCC)C(=O)OCc1ccccc1. The molecule has 0 radical (unpaired) electrons. The third kappa shape index (κ3) is 9.97. The van der Waals surface area contributed by atoms with Crippen molar-refractivity contribution in [2.45, 2.75) is 52.7 Å². The smallest absolute Gasteiger partial charge is 0.407 e. The Balaban J connectivity index is 2.73. The highest BCUT2D eigenvalue weighted by Gasteiger charge is 2.30. The predicted molar refractivity (Wildman–Crippen MR) is 111 cm³/mol. The zero-order chi connectivity index (χ0) is 23.1. The Morgan fingerprint density at radius 3 is 1.90 bits per heavy atom. The molecule has 0 fully saturated rings. The normalized spacial score (nSPS) is 11.4. The first-order chi connectivity index (χ1) is 14.9. The number of esters is 3. The van der Waals surface area contributed by atoms with Crippen LogP contribution >= 0.6 is 0 Å². The Morgan fingerprint density at radius 1 is 0.774 bits per heavy atom. The molecule has 0 aliphatic heterocycles. The van der Waals surface area contributed by atoms with Crippen molar-refractivity contribution in [1.29, 1.82) is 0 Å². The first-order valence-corrected chi connectivity index (χ1v) is 10.4. The van der Waals surface area contributed by atoms with Crippen LogP contribution < -0.4 is 5.32 Å². The van der Waals surface area contributed by atoms with Crippen molar-refractivity contribution in [2.24, 2.45) is 5.92 Å². The molecule has 31 heavy (non-hydrogen) atoms. The Kier molecular flexibility index (Phi) is 12.4. The van der Waals surface area contributed by atoms with E-state index >= 15 is 0 Å². The summed E-state index contributed by atoms with van der Waals surface area (Å²) in [5.74, 6) is -3.09. The maximum Gasteiger partial charge on any atom is 0.407 e. The standard InChI is InChI=1S/C22H31NO8/c1-4-28-19(24)17(20(25)29-5-2)13-10-14-18(23-22(27)30-6-3)21(26)31-15-16-11-8-7-9-12-16/h7-9,11-12,17-18H,4-6,10,13-15H2,1-3H3,(H,23,27)/t18-/m0/s1. The van der Waals surface area contributed by atoms with Gasteiger partial charge in [-0.3, -0.25) is 9.59 Å². The minimum absolute atomic E-state index is 0.0506. The molecule has 0 heterocycles. The van der Waals surface area contributed by atoms with Crippen molar-refractivity contribution >= 4 is 24.0 Å². The molecule has 9 nitrogen and oxygen atoms in total. The molecule has 0 unspecified atom stereocenters. The lowest BCUT2D eigenvalue weighted by molar-refractivity contribution is -0.162. The molecule has 1 aromatic rings. The molecule has 9 heteroatoms. The Bertz CT molecular complexity index is 689. The summed E-state index contributed by atoms with van der Waals surface area (Å²) in [6, 6.07) is 8.12. The molecule has 1 amide bonds. The summed E-state index contributed by atoms with van der Waals surface area (Å²) >= 11 is 0. The first-order valence-electron chi connectivity index (χ1n) is 10.4. The van der Waals surface area contributed by atoms with Crippen molar-refractivity contribution in [3.63, 3.8) is 0 Å². The van der Waals surface area contributed by atoms with Crippen LogP contribution in [0.2, 0.25) is 0 Å². The van der Waals surface area contributed by atoms with Gasteiger partial charge in [0.15, 0.2) is 5.92 Å². The molecule has 0 spiro atoms. The summed E-state index contributed by atoms with van der Waals surface area (Å²) in [4.78, 5) is 48.5. The van der Waals surface area contributed by atoms with E-state index in [1.807, 2.05) is 30.3 Å². The van der Waals surface area contributed by atoms with Crippen LogP contribution in [0.1, 0.15) is 45.6 Å². The molecule has 0 saturated carbocycles. The molecular formula is C22H31NO8. The van der Waals surface area contributed by atoms with E-state index in [4.69, 9.17) is 18.9 Å². The van der Waals surface area contributed by atoms with Crippen molar-refractivity contribution < 1.29 is 38.1 Å². The second-order valence-corrected chi connectivity index (χ2v) is 6.50. The van der Waals surface area contributed by atoms with Gasteiger partial charge in [-0.1, -0.05) is 30.3 Å². The largest absolute Gasteiger partial charge is 0.465 e. The molecular weight excluding hydrogens is 406 g/mol. The molecule has 1 aromatic carbocycles. The van der Waals surface area contributed by atoms with E-state index < -0.39 is 36.0 Å². The molecule has 172 valence electrons. The van der Waals surface area contributed by atoms with Crippen LogP contribution in [0.25, 0.3) is 0 Å². The van der Waals surface area contributed by atoms with Gasteiger partial charge in [0, 0.05) is 0 Å². The van der Waals surface area contributed by atoms with Gasteiger partial charge in [0.2, 0.25) is 0 Å². The molecule has 1 atom stereocenters. The lowest BCUT2D eigenvalue weighted by Crippen LogP contribution is -2.42. The Hall–Kier alpha value is -3.10. The van der Waals surface area contributed by atoms with Crippen molar-refractivity contribution in [3.8, 4) is 0 Å². The number of ether oxygens (including phenoxy) is 4. The lowest BCUT2D eigenvalue weighted by Gasteiger charge is -2.19. The molecule has 0 aromatic heterocycles. The van der Waals surface area contributed by atoms with Gasteiger partial charge in [-0.25, -0.2) is 9.59 Å². The van der Waals surface area contributed by atoms with Crippen LogP contribution in [0.3, 0.4) is 0 Å². The van der Waals surface area contributed by atoms with E-state index in [0.29, 0.717) is 0 Å². The summed E-state index contributed by atoms with van der Waals surface area (Å²) in [7, 11) is 0. The summed E-state index contributed by atoms with van der Waals surface area (Å²) in [5, 5.41) is 2.47. The monoisotopic (exact) mass is 437 g/mol. The molecule has 0 saturated heterocycles. The third-order valence-corrected chi connectivity index (χ3v) is 4.20. The minimum atomic E-state index is -1.09. The second kappa shape index (κ2) is 14.8. The van der Waals surface area contributed by atoms with Crippen molar-refractivity contribution in [2.75, 3.05) is 19.8 Å². The number of hydrogen-bond donors (Lipinski definition) is 1. The Morgan fingerprint density at radius 2 is 1.35 bits per heavy atom. The highest BCUT2D eigenvalue weighted by molar-refractivity contribution is 5.94. The molecule has 1 N–H and O–H groups in total. The van der Waals surface area contributed by atoms with E-state index in [-0.39, 0.29) is 45.7 Å². The quantitative estimate of drug-likeness (QED) is 0.284. The fourth-order valence-corrected chi connectivity index (χ4v) is 2.74. The Labute approximate surface area is 182 Å². The maximum absolute atomic E-state index is 12.5. The summed E-state index contributed by atoms with van der Waals surface area (Å²) in [6.07, 6.45) is -0.247. The molecule has 1 rings (SSSR count). The van der Waals surface area contributed by atoms with Crippen LogP contribution in [-0.4, -0.2) is 49.9 Å². The van der Waals surface area contributed by atoms with Gasteiger partial charge >= 0.3 is 24.0 Å². The molecule has 0 bridgehead atoms. The van der Waals surface area contributed by atoms with Crippen LogP contribution in [0, 0.1) is 5.92 Å². The zero-order valence-corrected chi connectivity index (χ0v) is 18.3. The van der Waals surface area contributed by atoms with Crippen LogP contribution in [-0.2, 0) is 39.9 Å². The zero-order valence-electron chi connectivity index (χ0n) is 18.3. The summed E-state index contributed by atoms with van der Waals surface area (Å²) < 4.78 is 20.0. The van der Waals surface area contributed by atoms with E-state index in [2.05, 4.69) is 5.32 Å². The van der Waals surface area contributed by atoms with E-state index in [1.54, 1.807) is 20.8 Å². The second-order valence-electron chi connectivity index (χ2n) is 6.50. The number of carbonyl (C=O) groups is 4. The topological polar surface area (TPSA) is 117 Å². The van der Waals surface area contributed by atoms with Crippen molar-refractivity contribution in [1.82, 2.24) is 5.32 Å². The van der Waals surface area contributed by atoms with Gasteiger partial charge in [0.05, 0.1) is 19.8 Å². The van der Waals surface area contributed by atoms with Gasteiger partial charge in [-0.15, -0.1) is 0 Å². The first kappa shape index (κ1) is 25.9. The molecule has 0 aliphatic carbocycles. The van der Waals surface area contributed by atoms with Gasteiger partial charge in [0.25, 0.3) is 0 Å². The van der Waals surface area contributed by atoms with Gasteiger partial charge in [-0.05, 0) is 45.6 Å². The predicted octanol–water partition coefficient (Wildman–Crippen LogP) is 2.76. The fourth-order valence-electron chi connectivity index (χ4n) is 2.74. The number of rotatable bonds is 13. The van der Waals surface area contributed by atoms with E-state index in [1.165, 1.54) is 0 Å². The third-order valence-electron chi connectivity index (χ3n) is 4.20. The average molecular weight is 437 g/mol. The van der Waals surface area contributed by atoms with Crippen LogP contribution in [0.15, 0.2) is 30.3 Å². The number of hydrogen-bond acceptors (Lipinski definition) is 8. The number of carbonyl (C=O) groups excluding carboxylic acids is 4. The van der Waals surface area contributed by atoms with Crippen LogP contribution in [0.5, 0.6) is 0 Å². The fraction of sp³-hybridized carbons (Fsp3) is 0.545. The number of alkyl carbamates (subject to hydrolysis) is 1. The maximum atomic E-state index is 12.5. The number of benzene rings is 1. The summed E-state index contributed by atoms with van der Waals surface area (Å²) in [6.45, 7) is 5.39. The minimum Gasteiger partial charge on any atom is -0.465 e. The molecule has 0 aliphatic rings. The highest BCUT2D eigenvalue weighted by Crippen LogP contribution is 2.15. The van der Waals surface area contributed by atoms with E-state index in [9.17, 15) is 19.2 Å².